The number of halogens is 1. The maximum Gasteiger partial charge on any atom is 0.190 e. The van der Waals surface area contributed by atoms with Crippen molar-refractivity contribution >= 4 is 29.9 Å². The van der Waals surface area contributed by atoms with E-state index in [0.717, 1.165) is 45.1 Å². The molecule has 5 heteroatoms. The molecule has 0 bridgehead atoms. The maximum atomic E-state index is 4.29. The molecule has 0 radical (unpaired) electrons. The minimum atomic E-state index is 0. The van der Waals surface area contributed by atoms with Crippen LogP contribution in [0.1, 0.15) is 38.7 Å². The summed E-state index contributed by atoms with van der Waals surface area (Å²) < 4.78 is 0. The first-order valence-electron chi connectivity index (χ1n) is 8.43. The lowest BCUT2D eigenvalue weighted by atomic mass is 10.0. The number of nitrogens with one attached hydrogen (secondary N) is 2. The summed E-state index contributed by atoms with van der Waals surface area (Å²) in [7, 11) is 1.83. The highest BCUT2D eigenvalue weighted by molar-refractivity contribution is 14.0. The van der Waals surface area contributed by atoms with Gasteiger partial charge < -0.3 is 15.5 Å². The fourth-order valence-electron chi connectivity index (χ4n) is 2.42. The Labute approximate surface area is 159 Å². The molecule has 1 aromatic rings. The molecule has 4 nitrogen and oxygen atoms in total. The van der Waals surface area contributed by atoms with Gasteiger partial charge in [-0.2, -0.15) is 0 Å². The van der Waals surface area contributed by atoms with E-state index in [0.29, 0.717) is 5.92 Å². The topological polar surface area (TPSA) is 39.7 Å². The summed E-state index contributed by atoms with van der Waals surface area (Å²) in [6, 6.07) is 10.6. The standard InChI is InChI=1S/C18H32N4.HI/c1-5-22(6-2)14-10-13-20-18(19-4)21-15-16(3)17-11-8-7-9-12-17;/h7-9,11-12,16H,5-6,10,13-15H2,1-4H3,(H2,19,20,21);1H. The third kappa shape index (κ3) is 9.15. The second kappa shape index (κ2) is 13.6. The smallest absolute Gasteiger partial charge is 0.190 e. The van der Waals surface area contributed by atoms with E-state index in [9.17, 15) is 0 Å². The van der Waals surface area contributed by atoms with Gasteiger partial charge in [0.1, 0.15) is 0 Å². The van der Waals surface area contributed by atoms with Gasteiger partial charge in [-0.15, -0.1) is 24.0 Å². The maximum absolute atomic E-state index is 4.29. The van der Waals surface area contributed by atoms with Gasteiger partial charge in [-0.1, -0.05) is 51.1 Å². The molecule has 0 heterocycles. The van der Waals surface area contributed by atoms with E-state index in [1.54, 1.807) is 0 Å². The Balaban J connectivity index is 0.00000484. The third-order valence-corrected chi connectivity index (χ3v) is 4.01. The highest BCUT2D eigenvalue weighted by Gasteiger charge is 2.06. The molecule has 0 aliphatic carbocycles. The molecule has 0 amide bonds. The van der Waals surface area contributed by atoms with Crippen molar-refractivity contribution in [3.63, 3.8) is 0 Å². The van der Waals surface area contributed by atoms with Crippen LogP contribution < -0.4 is 10.6 Å². The van der Waals surface area contributed by atoms with E-state index in [2.05, 4.69) is 71.6 Å². The number of benzene rings is 1. The fourth-order valence-corrected chi connectivity index (χ4v) is 2.42. The van der Waals surface area contributed by atoms with Gasteiger partial charge in [0.05, 0.1) is 0 Å². The molecule has 0 aliphatic heterocycles. The number of hydrogen-bond donors (Lipinski definition) is 2. The third-order valence-electron chi connectivity index (χ3n) is 4.01. The predicted molar refractivity (Wildman–Crippen MR) is 112 cm³/mol. The number of guanidine groups is 1. The molecule has 23 heavy (non-hydrogen) atoms. The van der Waals surface area contributed by atoms with E-state index < -0.39 is 0 Å². The Morgan fingerprint density at radius 2 is 1.78 bits per heavy atom. The van der Waals surface area contributed by atoms with Crippen molar-refractivity contribution in [3.05, 3.63) is 35.9 Å². The summed E-state index contributed by atoms with van der Waals surface area (Å²) in [4.78, 5) is 6.73. The van der Waals surface area contributed by atoms with Crippen molar-refractivity contribution in [2.24, 2.45) is 4.99 Å². The molecule has 1 rings (SSSR count). The second-order valence-electron chi connectivity index (χ2n) is 5.57. The monoisotopic (exact) mass is 432 g/mol. The Bertz CT molecular complexity index is 418. The van der Waals surface area contributed by atoms with E-state index in [4.69, 9.17) is 0 Å². The molecule has 0 aromatic heterocycles. The van der Waals surface area contributed by atoms with Crippen molar-refractivity contribution in [2.45, 2.75) is 33.1 Å². The van der Waals surface area contributed by atoms with Gasteiger partial charge in [-0.3, -0.25) is 4.99 Å². The highest BCUT2D eigenvalue weighted by atomic mass is 127. The summed E-state index contributed by atoms with van der Waals surface area (Å²) >= 11 is 0. The average Bonchev–Trinajstić information content (AvgIpc) is 2.58. The van der Waals surface area contributed by atoms with Gasteiger partial charge in [0.25, 0.3) is 0 Å². The quantitative estimate of drug-likeness (QED) is 0.272. The van der Waals surface area contributed by atoms with Gasteiger partial charge >= 0.3 is 0 Å². The Hall–Kier alpha value is -0.820. The van der Waals surface area contributed by atoms with Crippen molar-refractivity contribution in [3.8, 4) is 0 Å². The fraction of sp³-hybridized carbons (Fsp3) is 0.611. The molecule has 0 aliphatic rings. The summed E-state index contributed by atoms with van der Waals surface area (Å²) in [5, 5.41) is 6.80. The van der Waals surface area contributed by atoms with Crippen LogP contribution in [0.3, 0.4) is 0 Å². The lowest BCUT2D eigenvalue weighted by molar-refractivity contribution is 0.300. The molecule has 1 aromatic carbocycles. The molecular weight excluding hydrogens is 399 g/mol. The molecule has 0 saturated heterocycles. The number of nitrogens with zero attached hydrogens (tertiary/aromatic N) is 2. The number of aliphatic imine (C=N–C) groups is 1. The molecule has 0 spiro atoms. The van der Waals surface area contributed by atoms with E-state index in [1.165, 1.54) is 5.56 Å². The van der Waals surface area contributed by atoms with Crippen LogP contribution in [0, 0.1) is 0 Å². The van der Waals surface area contributed by atoms with Crippen molar-refractivity contribution in [1.82, 2.24) is 15.5 Å². The molecule has 2 N–H and O–H groups in total. The lowest BCUT2D eigenvalue weighted by Gasteiger charge is -2.19. The molecule has 132 valence electrons. The zero-order valence-corrected chi connectivity index (χ0v) is 17.3. The number of hydrogen-bond acceptors (Lipinski definition) is 2. The Kier molecular flexibility index (Phi) is 13.1. The minimum Gasteiger partial charge on any atom is -0.356 e. The van der Waals surface area contributed by atoms with Gasteiger partial charge in [0, 0.05) is 20.1 Å². The van der Waals surface area contributed by atoms with E-state index in [1.807, 2.05) is 7.05 Å². The van der Waals surface area contributed by atoms with E-state index in [-0.39, 0.29) is 24.0 Å². The van der Waals surface area contributed by atoms with Gasteiger partial charge in [-0.05, 0) is 37.5 Å². The summed E-state index contributed by atoms with van der Waals surface area (Å²) in [6.45, 7) is 11.9. The first-order chi connectivity index (χ1) is 10.7. The minimum absolute atomic E-state index is 0. The van der Waals surface area contributed by atoms with Crippen LogP contribution in [0.4, 0.5) is 0 Å². The zero-order chi connectivity index (χ0) is 16.2. The van der Waals surface area contributed by atoms with Crippen LogP contribution in [0.2, 0.25) is 0 Å². The van der Waals surface area contributed by atoms with Crippen molar-refractivity contribution in [1.29, 1.82) is 0 Å². The summed E-state index contributed by atoms with van der Waals surface area (Å²) in [5.74, 6) is 1.36. The van der Waals surface area contributed by atoms with Gasteiger partial charge in [0.15, 0.2) is 5.96 Å². The first kappa shape index (κ1) is 22.2. The second-order valence-corrected chi connectivity index (χ2v) is 5.57. The van der Waals surface area contributed by atoms with Crippen LogP contribution in [0.25, 0.3) is 0 Å². The van der Waals surface area contributed by atoms with Crippen LogP contribution >= 0.6 is 24.0 Å². The predicted octanol–water partition coefficient (Wildman–Crippen LogP) is 3.31. The molecule has 1 unspecified atom stereocenters. The van der Waals surface area contributed by atoms with Crippen LogP contribution in [-0.4, -0.2) is 50.6 Å². The molecule has 1 atom stereocenters. The van der Waals surface area contributed by atoms with Crippen molar-refractivity contribution < 1.29 is 0 Å². The van der Waals surface area contributed by atoms with Crippen LogP contribution in [-0.2, 0) is 0 Å². The largest absolute Gasteiger partial charge is 0.356 e. The SMILES string of the molecule is CCN(CC)CCCNC(=NC)NCC(C)c1ccccc1.I. The zero-order valence-electron chi connectivity index (χ0n) is 15.0. The normalized spacial score (nSPS) is 12.7. The molecule has 0 saturated carbocycles. The lowest BCUT2D eigenvalue weighted by Crippen LogP contribution is -2.40. The Morgan fingerprint density at radius 1 is 1.13 bits per heavy atom. The summed E-state index contributed by atoms with van der Waals surface area (Å²) in [6.07, 6.45) is 1.14. The average molecular weight is 432 g/mol. The molecular formula is C18H33IN4. The van der Waals surface area contributed by atoms with Crippen LogP contribution in [0.15, 0.2) is 35.3 Å². The van der Waals surface area contributed by atoms with Gasteiger partial charge in [-0.25, -0.2) is 0 Å². The Morgan fingerprint density at radius 3 is 2.35 bits per heavy atom. The van der Waals surface area contributed by atoms with E-state index >= 15 is 0 Å². The van der Waals surface area contributed by atoms with Crippen LogP contribution in [0.5, 0.6) is 0 Å². The summed E-state index contributed by atoms with van der Waals surface area (Å²) in [5.41, 5.74) is 1.35. The molecule has 0 fully saturated rings. The van der Waals surface area contributed by atoms with Gasteiger partial charge in [0.2, 0.25) is 0 Å². The highest BCUT2D eigenvalue weighted by Crippen LogP contribution is 2.12. The van der Waals surface area contributed by atoms with Crippen molar-refractivity contribution in [2.75, 3.05) is 39.8 Å². The number of rotatable bonds is 9. The first-order valence-corrected chi connectivity index (χ1v) is 8.43.